The van der Waals surface area contributed by atoms with E-state index in [9.17, 15) is 22.0 Å². The molecule has 1 aliphatic rings. The molecule has 3 aromatic rings. The van der Waals surface area contributed by atoms with Crippen molar-refractivity contribution in [3.63, 3.8) is 0 Å². The minimum atomic E-state index is -4.72. The molecular formula is C26H23F5O. The summed E-state index contributed by atoms with van der Waals surface area (Å²) < 4.78 is 70.3. The first-order valence-electron chi connectivity index (χ1n) is 10.7. The second kappa shape index (κ2) is 8.93. The maximum absolute atomic E-state index is 14.7. The molecule has 1 atom stereocenters. The average molecular weight is 446 g/mol. The number of ether oxygens (including phenoxy) is 1. The van der Waals surface area contributed by atoms with Crippen molar-refractivity contribution in [2.24, 2.45) is 0 Å². The summed E-state index contributed by atoms with van der Waals surface area (Å²) in [5, 5.41) is 0. The predicted octanol–water partition coefficient (Wildman–Crippen LogP) is 7.76. The fourth-order valence-electron chi connectivity index (χ4n) is 4.49. The van der Waals surface area contributed by atoms with E-state index in [2.05, 4.69) is 4.74 Å². The Bertz CT molecular complexity index is 1080. The third-order valence-corrected chi connectivity index (χ3v) is 5.94. The first kappa shape index (κ1) is 22.3. The molecule has 0 saturated carbocycles. The van der Waals surface area contributed by atoms with E-state index >= 15 is 0 Å². The molecule has 6 heteroatoms. The molecule has 0 heterocycles. The Morgan fingerprint density at radius 3 is 2.16 bits per heavy atom. The SMILES string of the molecule is CCCc1cc(F)c(C2CCc3cc(-c4ccc(OC(F)(F)F)cc4)ccc3C2)c(F)c1. The van der Waals surface area contributed by atoms with E-state index in [0.717, 1.165) is 28.7 Å². The molecule has 1 unspecified atom stereocenters. The number of hydrogen-bond donors (Lipinski definition) is 0. The zero-order valence-electron chi connectivity index (χ0n) is 17.6. The van der Waals surface area contributed by atoms with E-state index in [1.54, 1.807) is 12.1 Å². The monoisotopic (exact) mass is 446 g/mol. The van der Waals surface area contributed by atoms with Gasteiger partial charge in [-0.2, -0.15) is 0 Å². The van der Waals surface area contributed by atoms with Gasteiger partial charge in [0.05, 0.1) is 0 Å². The molecule has 0 aliphatic heterocycles. The molecule has 32 heavy (non-hydrogen) atoms. The molecule has 1 aliphatic carbocycles. The van der Waals surface area contributed by atoms with E-state index in [1.807, 2.05) is 25.1 Å². The van der Waals surface area contributed by atoms with Gasteiger partial charge in [0.25, 0.3) is 0 Å². The molecule has 0 bridgehead atoms. The molecular weight excluding hydrogens is 423 g/mol. The summed E-state index contributed by atoms with van der Waals surface area (Å²) in [6.07, 6.45) is -1.38. The van der Waals surface area contributed by atoms with Crippen LogP contribution in [-0.2, 0) is 19.3 Å². The Morgan fingerprint density at radius 2 is 1.53 bits per heavy atom. The quantitative estimate of drug-likeness (QED) is 0.364. The van der Waals surface area contributed by atoms with E-state index in [0.29, 0.717) is 31.2 Å². The fourth-order valence-corrected chi connectivity index (χ4v) is 4.49. The van der Waals surface area contributed by atoms with Gasteiger partial charge in [-0.15, -0.1) is 13.2 Å². The molecule has 1 nitrogen and oxygen atoms in total. The molecule has 0 amide bonds. The van der Waals surface area contributed by atoms with E-state index in [4.69, 9.17) is 0 Å². The number of alkyl halides is 3. The molecule has 0 fully saturated rings. The van der Waals surface area contributed by atoms with Gasteiger partial charge >= 0.3 is 6.36 Å². The van der Waals surface area contributed by atoms with Crippen LogP contribution < -0.4 is 4.74 Å². The van der Waals surface area contributed by atoms with Crippen LogP contribution in [0.2, 0.25) is 0 Å². The van der Waals surface area contributed by atoms with Crippen LogP contribution in [0.1, 0.15) is 47.9 Å². The van der Waals surface area contributed by atoms with Crippen molar-refractivity contribution in [2.75, 3.05) is 0 Å². The first-order valence-corrected chi connectivity index (χ1v) is 10.7. The Morgan fingerprint density at radius 1 is 0.875 bits per heavy atom. The van der Waals surface area contributed by atoms with Gasteiger partial charge in [0.15, 0.2) is 0 Å². The number of halogens is 5. The highest BCUT2D eigenvalue weighted by Crippen LogP contribution is 2.37. The summed E-state index contributed by atoms with van der Waals surface area (Å²) in [6.45, 7) is 1.97. The van der Waals surface area contributed by atoms with Crippen molar-refractivity contribution in [3.8, 4) is 16.9 Å². The van der Waals surface area contributed by atoms with Gasteiger partial charge < -0.3 is 4.74 Å². The van der Waals surface area contributed by atoms with Gasteiger partial charge in [-0.1, -0.05) is 43.7 Å². The summed E-state index contributed by atoms with van der Waals surface area (Å²) in [4.78, 5) is 0. The second-order valence-corrected chi connectivity index (χ2v) is 8.22. The Kier molecular flexibility index (Phi) is 6.22. The lowest BCUT2D eigenvalue weighted by atomic mass is 9.78. The molecule has 3 aromatic carbocycles. The lowest BCUT2D eigenvalue weighted by Crippen LogP contribution is -2.17. The lowest BCUT2D eigenvalue weighted by molar-refractivity contribution is -0.274. The van der Waals surface area contributed by atoms with Crippen molar-refractivity contribution in [1.29, 1.82) is 0 Å². The topological polar surface area (TPSA) is 9.23 Å². The Balaban J connectivity index is 1.53. The molecule has 0 aromatic heterocycles. The van der Waals surface area contributed by atoms with Crippen molar-refractivity contribution in [1.82, 2.24) is 0 Å². The van der Waals surface area contributed by atoms with Gasteiger partial charge in [0.2, 0.25) is 0 Å². The summed E-state index contributed by atoms with van der Waals surface area (Å²) in [7, 11) is 0. The lowest BCUT2D eigenvalue weighted by Gasteiger charge is -2.26. The molecule has 4 rings (SSSR count). The molecule has 0 saturated heterocycles. The smallest absolute Gasteiger partial charge is 0.406 e. The van der Waals surface area contributed by atoms with Crippen LogP contribution in [0, 0.1) is 11.6 Å². The number of benzene rings is 3. The van der Waals surface area contributed by atoms with Gasteiger partial charge in [0, 0.05) is 5.56 Å². The van der Waals surface area contributed by atoms with Crippen LogP contribution in [0.4, 0.5) is 22.0 Å². The highest BCUT2D eigenvalue weighted by atomic mass is 19.4. The maximum atomic E-state index is 14.7. The van der Waals surface area contributed by atoms with Crippen LogP contribution in [0.3, 0.4) is 0 Å². The number of fused-ring (bicyclic) bond motifs is 1. The van der Waals surface area contributed by atoms with Gasteiger partial charge in [0.1, 0.15) is 17.4 Å². The van der Waals surface area contributed by atoms with Crippen LogP contribution in [-0.4, -0.2) is 6.36 Å². The summed E-state index contributed by atoms with van der Waals surface area (Å²) in [6, 6.07) is 14.5. The molecule has 168 valence electrons. The van der Waals surface area contributed by atoms with Gasteiger partial charge in [-0.3, -0.25) is 0 Å². The van der Waals surface area contributed by atoms with Crippen molar-refractivity contribution in [3.05, 3.63) is 88.5 Å². The number of aryl methyl sites for hydroxylation is 2. The summed E-state index contributed by atoms with van der Waals surface area (Å²) >= 11 is 0. The number of rotatable bonds is 5. The van der Waals surface area contributed by atoms with Gasteiger partial charge in [-0.05, 0) is 83.7 Å². The first-order chi connectivity index (χ1) is 15.2. The highest BCUT2D eigenvalue weighted by molar-refractivity contribution is 5.66. The van der Waals surface area contributed by atoms with Crippen molar-refractivity contribution >= 4 is 0 Å². The van der Waals surface area contributed by atoms with Crippen LogP contribution in [0.5, 0.6) is 5.75 Å². The number of hydrogen-bond acceptors (Lipinski definition) is 1. The minimum absolute atomic E-state index is 0.167. The van der Waals surface area contributed by atoms with E-state index in [-0.39, 0.29) is 17.2 Å². The second-order valence-electron chi connectivity index (χ2n) is 8.22. The van der Waals surface area contributed by atoms with E-state index < -0.39 is 18.0 Å². The van der Waals surface area contributed by atoms with Crippen molar-refractivity contribution in [2.45, 2.75) is 51.3 Å². The standard InChI is InChI=1S/C26H23F5O/c1-2-3-16-12-23(27)25(24(28)13-16)21-7-6-19-14-18(4-5-20(19)15-21)17-8-10-22(11-9-17)32-26(29,30)31/h4-5,8-14,21H,2-3,6-7,15H2,1H3. The van der Waals surface area contributed by atoms with Crippen LogP contribution in [0.25, 0.3) is 11.1 Å². The highest BCUT2D eigenvalue weighted by Gasteiger charge is 2.31. The minimum Gasteiger partial charge on any atom is -0.406 e. The maximum Gasteiger partial charge on any atom is 0.573 e. The molecule has 0 radical (unpaired) electrons. The summed E-state index contributed by atoms with van der Waals surface area (Å²) in [5.74, 6) is -1.43. The molecule has 0 spiro atoms. The van der Waals surface area contributed by atoms with E-state index in [1.165, 1.54) is 24.3 Å². The third-order valence-electron chi connectivity index (χ3n) is 5.94. The van der Waals surface area contributed by atoms with Crippen LogP contribution >= 0.6 is 0 Å². The summed E-state index contributed by atoms with van der Waals surface area (Å²) in [5.41, 5.74) is 4.63. The fraction of sp³-hybridized carbons (Fsp3) is 0.308. The van der Waals surface area contributed by atoms with Crippen LogP contribution in [0.15, 0.2) is 54.6 Å². The van der Waals surface area contributed by atoms with Crippen molar-refractivity contribution < 1.29 is 26.7 Å². The predicted molar refractivity (Wildman–Crippen MR) is 114 cm³/mol. The zero-order valence-corrected chi connectivity index (χ0v) is 17.6. The largest absolute Gasteiger partial charge is 0.573 e. The third kappa shape index (κ3) is 4.95. The van der Waals surface area contributed by atoms with Gasteiger partial charge in [-0.25, -0.2) is 8.78 Å². The normalized spacial score (nSPS) is 16.0. The molecule has 0 N–H and O–H groups in total. The Hall–Kier alpha value is -2.89. The average Bonchev–Trinajstić information content (AvgIpc) is 2.72. The Labute approximate surface area is 183 Å². The zero-order chi connectivity index (χ0) is 22.9.